The van der Waals surface area contributed by atoms with Crippen LogP contribution in [-0.4, -0.2) is 30.8 Å². The first-order valence-corrected chi connectivity index (χ1v) is 8.77. The van der Waals surface area contributed by atoms with Gasteiger partial charge in [0, 0.05) is 24.8 Å². The molecule has 0 unspecified atom stereocenters. The number of hydrogen-bond donors (Lipinski definition) is 1. The van der Waals surface area contributed by atoms with Crippen LogP contribution in [0.5, 0.6) is 11.5 Å². The third-order valence-electron chi connectivity index (χ3n) is 4.89. The maximum Gasteiger partial charge on any atom is 0.321 e. The molecule has 2 aliphatic rings. The molecule has 0 bridgehead atoms. The number of benzene rings is 2. The first kappa shape index (κ1) is 15.8. The lowest BCUT2D eigenvalue weighted by atomic mass is 9.90. The lowest BCUT2D eigenvalue weighted by Crippen LogP contribution is -2.41. The molecule has 2 aromatic rings. The zero-order valence-electron chi connectivity index (χ0n) is 14.1. The summed E-state index contributed by atoms with van der Waals surface area (Å²) in [6.07, 6.45) is 3.19. The zero-order chi connectivity index (χ0) is 17.1. The van der Waals surface area contributed by atoms with Crippen molar-refractivity contribution >= 4 is 11.7 Å². The molecule has 2 aromatic carbocycles. The second-order valence-corrected chi connectivity index (χ2v) is 6.62. The van der Waals surface area contributed by atoms with Gasteiger partial charge in [-0.25, -0.2) is 4.79 Å². The van der Waals surface area contributed by atoms with Gasteiger partial charge >= 0.3 is 6.03 Å². The van der Waals surface area contributed by atoms with Crippen molar-refractivity contribution in [1.82, 2.24) is 4.90 Å². The maximum atomic E-state index is 12.5. The van der Waals surface area contributed by atoms with E-state index in [-0.39, 0.29) is 12.8 Å². The smallest absolute Gasteiger partial charge is 0.321 e. The average molecular weight is 338 g/mol. The highest BCUT2D eigenvalue weighted by Gasteiger charge is 2.23. The molecule has 2 aliphatic heterocycles. The number of hydrogen-bond acceptors (Lipinski definition) is 3. The summed E-state index contributed by atoms with van der Waals surface area (Å²) in [6.45, 7) is 1.84. The van der Waals surface area contributed by atoms with Crippen LogP contribution in [0.3, 0.4) is 0 Å². The van der Waals surface area contributed by atoms with Crippen LogP contribution in [0.15, 0.2) is 48.5 Å². The predicted octanol–water partition coefficient (Wildman–Crippen LogP) is 3.90. The third-order valence-corrected chi connectivity index (χ3v) is 4.89. The fourth-order valence-electron chi connectivity index (χ4n) is 3.46. The topological polar surface area (TPSA) is 50.8 Å². The number of urea groups is 1. The number of carbonyl (C=O) groups excluding carboxylic acids is 1. The van der Waals surface area contributed by atoms with Crippen molar-refractivity contribution in [3.8, 4) is 11.5 Å². The molecule has 1 saturated heterocycles. The molecule has 0 aromatic heterocycles. The fraction of sp³-hybridized carbons (Fsp3) is 0.350. The summed E-state index contributed by atoms with van der Waals surface area (Å²) in [7, 11) is 0. The van der Waals surface area contributed by atoms with Crippen molar-refractivity contribution < 1.29 is 14.3 Å². The van der Waals surface area contributed by atoms with Crippen LogP contribution in [0, 0.1) is 5.92 Å². The van der Waals surface area contributed by atoms with Gasteiger partial charge in [0.2, 0.25) is 6.79 Å². The Kier molecular flexibility index (Phi) is 4.46. The Balaban J connectivity index is 1.29. The van der Waals surface area contributed by atoms with Crippen LogP contribution in [-0.2, 0) is 6.42 Å². The number of rotatable bonds is 3. The quantitative estimate of drug-likeness (QED) is 0.923. The van der Waals surface area contributed by atoms with Gasteiger partial charge < -0.3 is 19.7 Å². The van der Waals surface area contributed by atoms with E-state index >= 15 is 0 Å². The Hall–Kier alpha value is -2.69. The van der Waals surface area contributed by atoms with Gasteiger partial charge in [-0.15, -0.1) is 0 Å². The number of piperidine rings is 1. The van der Waals surface area contributed by atoms with Gasteiger partial charge in [-0.05, 0) is 42.9 Å². The van der Waals surface area contributed by atoms with Crippen molar-refractivity contribution in [2.24, 2.45) is 5.92 Å². The molecule has 0 saturated carbocycles. The normalized spacial score (nSPS) is 16.7. The lowest BCUT2D eigenvalue weighted by Gasteiger charge is -2.32. The van der Waals surface area contributed by atoms with Crippen molar-refractivity contribution in [3.63, 3.8) is 0 Å². The van der Waals surface area contributed by atoms with Crippen LogP contribution >= 0.6 is 0 Å². The lowest BCUT2D eigenvalue weighted by molar-refractivity contribution is 0.174. The van der Waals surface area contributed by atoms with Gasteiger partial charge in [-0.1, -0.05) is 30.3 Å². The van der Waals surface area contributed by atoms with E-state index in [0.29, 0.717) is 11.7 Å². The largest absolute Gasteiger partial charge is 0.454 e. The molecule has 5 nitrogen and oxygen atoms in total. The number of anilines is 1. The molecule has 1 N–H and O–H groups in total. The molecule has 0 atom stereocenters. The van der Waals surface area contributed by atoms with Crippen LogP contribution in [0.1, 0.15) is 18.4 Å². The van der Waals surface area contributed by atoms with E-state index in [4.69, 9.17) is 9.47 Å². The molecule has 0 spiro atoms. The third kappa shape index (κ3) is 3.71. The zero-order valence-corrected chi connectivity index (χ0v) is 14.1. The summed E-state index contributed by atoms with van der Waals surface area (Å²) < 4.78 is 10.6. The molecular weight excluding hydrogens is 316 g/mol. The number of nitrogens with zero attached hydrogens (tertiary/aromatic N) is 1. The van der Waals surface area contributed by atoms with E-state index in [1.54, 1.807) is 0 Å². The number of nitrogens with one attached hydrogen (secondary N) is 1. The van der Waals surface area contributed by atoms with Crippen LogP contribution in [0.4, 0.5) is 10.5 Å². The van der Waals surface area contributed by atoms with Crippen LogP contribution < -0.4 is 14.8 Å². The molecule has 1 fully saturated rings. The van der Waals surface area contributed by atoms with E-state index in [1.807, 2.05) is 29.2 Å². The summed E-state index contributed by atoms with van der Waals surface area (Å²) in [6, 6.07) is 16.0. The molecule has 25 heavy (non-hydrogen) atoms. The van der Waals surface area contributed by atoms with Gasteiger partial charge in [-0.2, -0.15) is 0 Å². The molecule has 0 radical (unpaired) electrons. The minimum Gasteiger partial charge on any atom is -0.454 e. The predicted molar refractivity (Wildman–Crippen MR) is 96.0 cm³/mol. The molecule has 130 valence electrons. The van der Waals surface area contributed by atoms with Gasteiger partial charge in [0.25, 0.3) is 0 Å². The number of amides is 2. The number of ether oxygens (including phenoxy) is 2. The molecule has 2 heterocycles. The molecular formula is C20H22N2O3. The van der Waals surface area contributed by atoms with Crippen molar-refractivity contribution in [2.45, 2.75) is 19.3 Å². The van der Waals surface area contributed by atoms with Crippen molar-refractivity contribution in [1.29, 1.82) is 0 Å². The number of fused-ring (bicyclic) bond motifs is 1. The summed E-state index contributed by atoms with van der Waals surface area (Å²) in [5.41, 5.74) is 2.12. The Labute approximate surface area is 147 Å². The van der Waals surface area contributed by atoms with Crippen molar-refractivity contribution in [3.05, 3.63) is 54.1 Å². The SMILES string of the molecule is O=C(Nc1ccc2c(c1)OCO2)N1CCC(Cc2ccccc2)CC1. The highest BCUT2D eigenvalue weighted by Crippen LogP contribution is 2.34. The molecule has 0 aliphatic carbocycles. The monoisotopic (exact) mass is 338 g/mol. The van der Waals surface area contributed by atoms with E-state index in [0.717, 1.165) is 43.8 Å². The van der Waals surface area contributed by atoms with Gasteiger partial charge in [0.15, 0.2) is 11.5 Å². The Morgan fingerprint density at radius 3 is 2.60 bits per heavy atom. The second kappa shape index (κ2) is 7.05. The Morgan fingerprint density at radius 2 is 1.80 bits per heavy atom. The fourth-order valence-corrected chi connectivity index (χ4v) is 3.46. The van der Waals surface area contributed by atoms with Gasteiger partial charge in [0.1, 0.15) is 0 Å². The number of carbonyl (C=O) groups is 1. The second-order valence-electron chi connectivity index (χ2n) is 6.62. The minimum atomic E-state index is -0.0444. The number of likely N-dealkylation sites (tertiary alicyclic amines) is 1. The average Bonchev–Trinajstić information content (AvgIpc) is 3.11. The van der Waals surface area contributed by atoms with Gasteiger partial charge in [0.05, 0.1) is 0 Å². The summed E-state index contributed by atoms with van der Waals surface area (Å²) >= 11 is 0. The Morgan fingerprint density at radius 1 is 1.04 bits per heavy atom. The van der Waals surface area contributed by atoms with E-state index < -0.39 is 0 Å². The first-order valence-electron chi connectivity index (χ1n) is 8.77. The van der Waals surface area contributed by atoms with E-state index in [2.05, 4.69) is 29.6 Å². The molecule has 2 amide bonds. The summed E-state index contributed by atoms with van der Waals surface area (Å²) in [4.78, 5) is 14.4. The van der Waals surface area contributed by atoms with E-state index in [9.17, 15) is 4.79 Å². The Bertz CT molecular complexity index is 740. The first-order chi connectivity index (χ1) is 12.3. The van der Waals surface area contributed by atoms with Gasteiger partial charge in [-0.3, -0.25) is 0 Å². The van der Waals surface area contributed by atoms with E-state index in [1.165, 1.54) is 5.56 Å². The highest BCUT2D eigenvalue weighted by atomic mass is 16.7. The summed E-state index contributed by atoms with van der Waals surface area (Å²) in [5.74, 6) is 2.05. The standard InChI is InChI=1S/C20H22N2O3/c23-20(21-17-6-7-18-19(13-17)25-14-24-18)22-10-8-16(9-11-22)12-15-4-2-1-3-5-15/h1-7,13,16H,8-12,14H2,(H,21,23). The molecule has 4 rings (SSSR count). The maximum absolute atomic E-state index is 12.5. The minimum absolute atomic E-state index is 0.0444. The van der Waals surface area contributed by atoms with Crippen molar-refractivity contribution in [2.75, 3.05) is 25.2 Å². The van der Waals surface area contributed by atoms with Crippen LogP contribution in [0.2, 0.25) is 0 Å². The summed E-state index contributed by atoms with van der Waals surface area (Å²) in [5, 5.41) is 2.96. The highest BCUT2D eigenvalue weighted by molar-refractivity contribution is 5.89. The molecule has 5 heteroatoms. The van der Waals surface area contributed by atoms with Crippen LogP contribution in [0.25, 0.3) is 0 Å².